The molecule has 5 heteroatoms. The van der Waals surface area contributed by atoms with E-state index in [-0.39, 0.29) is 0 Å². The minimum atomic E-state index is 0.780. The van der Waals surface area contributed by atoms with E-state index in [2.05, 4.69) is 32.9 Å². The van der Waals surface area contributed by atoms with Gasteiger partial charge >= 0.3 is 0 Å². The summed E-state index contributed by atoms with van der Waals surface area (Å²) in [4.78, 5) is 11.9. The molecule has 0 aromatic carbocycles. The number of hydrogen-bond donors (Lipinski definition) is 0. The molecule has 0 radical (unpaired) electrons. The van der Waals surface area contributed by atoms with Crippen LogP contribution in [0.15, 0.2) is 12.5 Å². The Bertz CT molecular complexity index is 388. The summed E-state index contributed by atoms with van der Waals surface area (Å²) in [5, 5.41) is 0. The van der Waals surface area contributed by atoms with E-state index in [1.165, 1.54) is 45.0 Å². The van der Waals surface area contributed by atoms with Crippen LogP contribution in [0.2, 0.25) is 0 Å². The Hall–Kier alpha value is -0.910. The molecule has 1 aromatic heterocycles. The van der Waals surface area contributed by atoms with Crippen LogP contribution in [0, 0.1) is 0 Å². The summed E-state index contributed by atoms with van der Waals surface area (Å²) >= 11 is 0. The average molecular weight is 249 g/mol. The Kier molecular flexibility index (Phi) is 3.37. The summed E-state index contributed by atoms with van der Waals surface area (Å²) in [7, 11) is 4.24. The van der Waals surface area contributed by atoms with Crippen LogP contribution in [-0.2, 0) is 13.6 Å². The van der Waals surface area contributed by atoms with Gasteiger partial charge < -0.3 is 9.47 Å². The maximum absolute atomic E-state index is 4.39. The highest BCUT2D eigenvalue weighted by Crippen LogP contribution is 2.18. The van der Waals surface area contributed by atoms with E-state index in [4.69, 9.17) is 0 Å². The van der Waals surface area contributed by atoms with Crippen molar-refractivity contribution in [2.45, 2.75) is 12.6 Å². The number of hydrogen-bond acceptors (Lipinski definition) is 4. The lowest BCUT2D eigenvalue weighted by Crippen LogP contribution is -2.62. The smallest absolute Gasteiger partial charge is 0.0947 e. The lowest BCUT2D eigenvalue weighted by Gasteiger charge is -2.47. The highest BCUT2D eigenvalue weighted by molar-refractivity contribution is 4.99. The summed E-state index contributed by atoms with van der Waals surface area (Å²) in [6, 6.07) is 0.780. The van der Waals surface area contributed by atoms with Gasteiger partial charge in [-0.3, -0.25) is 9.80 Å². The average Bonchev–Trinajstić information content (AvgIpc) is 2.71. The molecule has 2 aliphatic heterocycles. The van der Waals surface area contributed by atoms with Crippen molar-refractivity contribution in [3.63, 3.8) is 0 Å². The molecule has 0 aliphatic carbocycles. The number of aryl methyl sites for hydroxylation is 1. The minimum Gasteiger partial charge on any atom is -0.340 e. The fourth-order valence-electron chi connectivity index (χ4n) is 2.87. The topological polar surface area (TPSA) is 27.5 Å². The molecular weight excluding hydrogens is 226 g/mol. The number of piperazine rings is 1. The molecule has 0 spiro atoms. The van der Waals surface area contributed by atoms with Crippen LogP contribution >= 0.6 is 0 Å². The highest BCUT2D eigenvalue weighted by Gasteiger charge is 2.32. The van der Waals surface area contributed by atoms with E-state index in [9.17, 15) is 0 Å². The normalized spacial score (nSPS) is 24.3. The van der Waals surface area contributed by atoms with Gasteiger partial charge in [-0.15, -0.1) is 0 Å². The molecule has 1 aromatic rings. The molecule has 2 fully saturated rings. The molecule has 18 heavy (non-hydrogen) atoms. The van der Waals surface area contributed by atoms with E-state index in [0.717, 1.165) is 12.6 Å². The Morgan fingerprint density at radius 3 is 2.50 bits per heavy atom. The molecule has 3 rings (SSSR count). The van der Waals surface area contributed by atoms with Crippen LogP contribution < -0.4 is 0 Å². The first-order chi connectivity index (χ1) is 8.70. The van der Waals surface area contributed by atoms with Crippen LogP contribution in [0.5, 0.6) is 0 Å². The zero-order chi connectivity index (χ0) is 12.5. The van der Waals surface area contributed by atoms with Gasteiger partial charge in [0.2, 0.25) is 0 Å². The molecule has 5 nitrogen and oxygen atoms in total. The van der Waals surface area contributed by atoms with Crippen LogP contribution in [-0.4, -0.2) is 76.6 Å². The molecule has 3 heterocycles. The van der Waals surface area contributed by atoms with Crippen molar-refractivity contribution >= 4 is 0 Å². The van der Waals surface area contributed by atoms with Crippen LogP contribution in [0.4, 0.5) is 0 Å². The second-order valence-electron chi connectivity index (χ2n) is 5.72. The zero-order valence-electron chi connectivity index (χ0n) is 11.4. The number of imidazole rings is 1. The zero-order valence-corrected chi connectivity index (χ0v) is 11.4. The van der Waals surface area contributed by atoms with Crippen molar-refractivity contribution in [3.8, 4) is 0 Å². The number of nitrogens with zero attached hydrogens (tertiary/aromatic N) is 5. The lowest BCUT2D eigenvalue weighted by molar-refractivity contribution is 0.00492. The second-order valence-corrected chi connectivity index (χ2v) is 5.72. The first kappa shape index (κ1) is 12.1. The predicted molar refractivity (Wildman–Crippen MR) is 71.3 cm³/mol. The highest BCUT2D eigenvalue weighted by atomic mass is 15.3. The van der Waals surface area contributed by atoms with E-state index in [1.54, 1.807) is 0 Å². The number of likely N-dealkylation sites (N-methyl/N-ethyl adjacent to an activating group) is 1. The van der Waals surface area contributed by atoms with Gasteiger partial charge in [0.15, 0.2) is 0 Å². The largest absolute Gasteiger partial charge is 0.340 e. The van der Waals surface area contributed by atoms with Gasteiger partial charge in [0, 0.05) is 65.1 Å². The number of likely N-dealkylation sites (tertiary alicyclic amines) is 1. The van der Waals surface area contributed by atoms with Crippen LogP contribution in [0.3, 0.4) is 0 Å². The SMILES string of the molecule is CN1CCN(C2CN(Cc3cn(C)cn3)C2)CC1. The van der Waals surface area contributed by atoms with E-state index in [0.29, 0.717) is 0 Å². The Balaban J connectivity index is 1.43. The molecule has 2 saturated heterocycles. The molecule has 0 atom stereocenters. The van der Waals surface area contributed by atoms with Crippen molar-refractivity contribution in [2.75, 3.05) is 46.3 Å². The van der Waals surface area contributed by atoms with E-state index >= 15 is 0 Å². The quantitative estimate of drug-likeness (QED) is 0.745. The summed E-state index contributed by atoms with van der Waals surface area (Å²) in [5.74, 6) is 0. The Labute approximate surface area is 109 Å². The molecule has 0 bridgehead atoms. The van der Waals surface area contributed by atoms with Gasteiger partial charge in [0.1, 0.15) is 0 Å². The molecule has 0 unspecified atom stereocenters. The van der Waals surface area contributed by atoms with E-state index in [1.807, 2.05) is 17.9 Å². The van der Waals surface area contributed by atoms with Gasteiger partial charge in [-0.2, -0.15) is 0 Å². The third kappa shape index (κ3) is 2.58. The monoisotopic (exact) mass is 249 g/mol. The summed E-state index contributed by atoms with van der Waals surface area (Å²) in [6.45, 7) is 8.33. The fourth-order valence-corrected chi connectivity index (χ4v) is 2.87. The minimum absolute atomic E-state index is 0.780. The molecular formula is C13H23N5. The van der Waals surface area contributed by atoms with Crippen molar-refractivity contribution < 1.29 is 0 Å². The fraction of sp³-hybridized carbons (Fsp3) is 0.769. The third-order valence-corrected chi connectivity index (χ3v) is 4.14. The van der Waals surface area contributed by atoms with Gasteiger partial charge in [-0.1, -0.05) is 0 Å². The van der Waals surface area contributed by atoms with E-state index < -0.39 is 0 Å². The maximum atomic E-state index is 4.39. The molecule has 0 N–H and O–H groups in total. The van der Waals surface area contributed by atoms with Crippen LogP contribution in [0.1, 0.15) is 5.69 Å². The molecule has 0 saturated carbocycles. The van der Waals surface area contributed by atoms with Gasteiger partial charge in [-0.25, -0.2) is 4.98 Å². The van der Waals surface area contributed by atoms with Crippen molar-refractivity contribution in [1.82, 2.24) is 24.3 Å². The molecule has 2 aliphatic rings. The van der Waals surface area contributed by atoms with Crippen molar-refractivity contribution in [3.05, 3.63) is 18.2 Å². The standard InChI is InChI=1S/C13H23N5/c1-15-3-5-18(6-4-15)13-9-17(10-13)8-12-7-16(2)11-14-12/h7,11,13H,3-6,8-10H2,1-2H3. The van der Waals surface area contributed by atoms with Gasteiger partial charge in [-0.05, 0) is 7.05 Å². The summed E-state index contributed by atoms with van der Waals surface area (Å²) in [6.07, 6.45) is 4.00. The van der Waals surface area contributed by atoms with Gasteiger partial charge in [0.05, 0.1) is 12.0 Å². The Morgan fingerprint density at radius 2 is 1.89 bits per heavy atom. The number of rotatable bonds is 3. The Morgan fingerprint density at radius 1 is 1.17 bits per heavy atom. The summed E-state index contributed by atoms with van der Waals surface area (Å²) < 4.78 is 2.02. The van der Waals surface area contributed by atoms with Crippen LogP contribution in [0.25, 0.3) is 0 Å². The van der Waals surface area contributed by atoms with Crippen molar-refractivity contribution in [1.29, 1.82) is 0 Å². The first-order valence-corrected chi connectivity index (χ1v) is 6.82. The third-order valence-electron chi connectivity index (χ3n) is 4.14. The molecule has 100 valence electrons. The summed E-state index contributed by atoms with van der Waals surface area (Å²) in [5.41, 5.74) is 1.19. The number of aromatic nitrogens is 2. The maximum Gasteiger partial charge on any atom is 0.0947 e. The predicted octanol–water partition coefficient (Wildman–Crippen LogP) is -0.148. The molecule has 0 amide bonds. The van der Waals surface area contributed by atoms with Crippen molar-refractivity contribution in [2.24, 2.45) is 7.05 Å². The first-order valence-electron chi connectivity index (χ1n) is 6.82. The second kappa shape index (κ2) is 4.99. The van der Waals surface area contributed by atoms with Gasteiger partial charge in [0.25, 0.3) is 0 Å². The lowest BCUT2D eigenvalue weighted by atomic mass is 10.1.